The van der Waals surface area contributed by atoms with E-state index < -0.39 is 0 Å². The van der Waals surface area contributed by atoms with Crippen molar-refractivity contribution < 1.29 is 14.4 Å². The largest absolute Gasteiger partial charge is 0.372 e. The van der Waals surface area contributed by atoms with Crippen molar-refractivity contribution >= 4 is 23.2 Å². The SMILES string of the molecule is C[C@@H]1CN(C(=O)[C@H](C)[NH+]2CCN(c3ccccc3Cl)CC2)C[C@H](C)O1. The lowest BCUT2D eigenvalue weighted by molar-refractivity contribution is -0.915. The van der Waals surface area contributed by atoms with E-state index in [0.717, 1.165) is 36.9 Å². The van der Waals surface area contributed by atoms with Crippen molar-refractivity contribution in [3.63, 3.8) is 0 Å². The third-order valence-electron chi connectivity index (χ3n) is 5.31. The van der Waals surface area contributed by atoms with Crippen LogP contribution < -0.4 is 9.80 Å². The zero-order valence-corrected chi connectivity index (χ0v) is 16.1. The van der Waals surface area contributed by atoms with E-state index in [9.17, 15) is 4.79 Å². The maximum atomic E-state index is 12.9. The Balaban J connectivity index is 1.57. The van der Waals surface area contributed by atoms with E-state index in [2.05, 4.69) is 17.9 Å². The summed E-state index contributed by atoms with van der Waals surface area (Å²) >= 11 is 6.31. The molecule has 0 saturated carbocycles. The highest BCUT2D eigenvalue weighted by Gasteiger charge is 2.35. The molecule has 1 aromatic rings. The lowest BCUT2D eigenvalue weighted by Gasteiger charge is -2.40. The van der Waals surface area contributed by atoms with Gasteiger partial charge in [0.2, 0.25) is 0 Å². The minimum atomic E-state index is -0.00843. The molecule has 1 amide bonds. The molecule has 3 atom stereocenters. The highest BCUT2D eigenvalue weighted by atomic mass is 35.5. The van der Waals surface area contributed by atoms with Crippen molar-refractivity contribution in [3.8, 4) is 0 Å². The number of carbonyl (C=O) groups is 1. The summed E-state index contributed by atoms with van der Waals surface area (Å²) in [5, 5.41) is 0.798. The van der Waals surface area contributed by atoms with Crippen molar-refractivity contribution in [1.29, 1.82) is 0 Å². The number of ether oxygens (including phenoxy) is 1. The average molecular weight is 367 g/mol. The molecule has 0 unspecified atom stereocenters. The van der Waals surface area contributed by atoms with Crippen LogP contribution in [0.1, 0.15) is 20.8 Å². The highest BCUT2D eigenvalue weighted by molar-refractivity contribution is 6.33. The van der Waals surface area contributed by atoms with Crippen LogP contribution in [-0.2, 0) is 9.53 Å². The third kappa shape index (κ3) is 4.27. The van der Waals surface area contributed by atoms with Gasteiger partial charge < -0.3 is 19.4 Å². The summed E-state index contributed by atoms with van der Waals surface area (Å²) in [7, 11) is 0. The number of benzene rings is 1. The van der Waals surface area contributed by atoms with E-state index >= 15 is 0 Å². The van der Waals surface area contributed by atoms with Crippen LogP contribution in [0.3, 0.4) is 0 Å². The van der Waals surface area contributed by atoms with Crippen LogP contribution in [0.2, 0.25) is 5.02 Å². The van der Waals surface area contributed by atoms with Gasteiger partial charge in [0, 0.05) is 13.1 Å². The Hall–Kier alpha value is -1.30. The van der Waals surface area contributed by atoms with Crippen molar-refractivity contribution in [3.05, 3.63) is 29.3 Å². The quantitative estimate of drug-likeness (QED) is 0.869. The van der Waals surface area contributed by atoms with Gasteiger partial charge >= 0.3 is 0 Å². The number of anilines is 1. The fourth-order valence-electron chi connectivity index (χ4n) is 3.98. The van der Waals surface area contributed by atoms with Gasteiger partial charge in [-0.3, -0.25) is 4.79 Å². The fraction of sp³-hybridized carbons (Fsp3) is 0.632. The van der Waals surface area contributed by atoms with Crippen LogP contribution in [-0.4, -0.2) is 68.3 Å². The lowest BCUT2D eigenvalue weighted by Crippen LogP contribution is -3.19. The minimum absolute atomic E-state index is 0.00843. The molecule has 1 aromatic carbocycles. The summed E-state index contributed by atoms with van der Waals surface area (Å²) < 4.78 is 5.75. The van der Waals surface area contributed by atoms with Gasteiger partial charge in [-0.25, -0.2) is 0 Å². The molecule has 2 aliphatic rings. The van der Waals surface area contributed by atoms with Gasteiger partial charge in [-0.1, -0.05) is 23.7 Å². The number of rotatable bonds is 3. The van der Waals surface area contributed by atoms with Crippen LogP contribution in [0.15, 0.2) is 24.3 Å². The van der Waals surface area contributed by atoms with Crippen LogP contribution in [0, 0.1) is 0 Å². The van der Waals surface area contributed by atoms with E-state index in [1.807, 2.05) is 36.9 Å². The highest BCUT2D eigenvalue weighted by Crippen LogP contribution is 2.24. The molecule has 2 aliphatic heterocycles. The summed E-state index contributed by atoms with van der Waals surface area (Å²) in [5.74, 6) is 0.253. The molecular formula is C19H29ClN3O2+. The molecule has 0 aromatic heterocycles. The molecule has 0 spiro atoms. The van der Waals surface area contributed by atoms with Crippen LogP contribution >= 0.6 is 11.6 Å². The van der Waals surface area contributed by atoms with Gasteiger partial charge in [0.25, 0.3) is 5.91 Å². The molecule has 6 heteroatoms. The van der Waals surface area contributed by atoms with Crippen molar-refractivity contribution in [2.24, 2.45) is 0 Å². The Morgan fingerprint density at radius 2 is 1.80 bits per heavy atom. The van der Waals surface area contributed by atoms with Gasteiger partial charge in [-0.2, -0.15) is 0 Å². The van der Waals surface area contributed by atoms with Crippen molar-refractivity contribution in [2.75, 3.05) is 44.2 Å². The first-order valence-corrected chi connectivity index (χ1v) is 9.61. The summed E-state index contributed by atoms with van der Waals surface area (Å²) in [5.41, 5.74) is 1.10. The maximum Gasteiger partial charge on any atom is 0.280 e. The number of para-hydroxylation sites is 1. The van der Waals surface area contributed by atoms with Crippen molar-refractivity contribution in [2.45, 2.75) is 39.0 Å². The molecule has 25 heavy (non-hydrogen) atoms. The monoisotopic (exact) mass is 366 g/mol. The molecule has 1 N–H and O–H groups in total. The number of carbonyl (C=O) groups excluding carboxylic acids is 1. The average Bonchev–Trinajstić information content (AvgIpc) is 2.60. The second kappa shape index (κ2) is 7.94. The first-order chi connectivity index (χ1) is 12.0. The predicted molar refractivity (Wildman–Crippen MR) is 100 cm³/mol. The summed E-state index contributed by atoms with van der Waals surface area (Å²) in [4.78, 5) is 18.6. The Bertz CT molecular complexity index is 594. The maximum absolute atomic E-state index is 12.9. The second-order valence-corrected chi connectivity index (χ2v) is 7.73. The van der Waals surface area contributed by atoms with Crippen LogP contribution in [0.5, 0.6) is 0 Å². The zero-order chi connectivity index (χ0) is 18.0. The van der Waals surface area contributed by atoms with E-state index in [1.165, 1.54) is 4.90 Å². The number of morpholine rings is 1. The molecule has 2 heterocycles. The lowest BCUT2D eigenvalue weighted by atomic mass is 10.1. The Labute approximate surface area is 155 Å². The number of nitrogens with one attached hydrogen (secondary N) is 1. The topological polar surface area (TPSA) is 37.2 Å². The summed E-state index contributed by atoms with van der Waals surface area (Å²) in [6.45, 7) is 11.3. The van der Waals surface area contributed by atoms with Gasteiger partial charge in [0.1, 0.15) is 0 Å². The molecule has 0 aliphatic carbocycles. The fourth-order valence-corrected chi connectivity index (χ4v) is 4.24. The predicted octanol–water partition coefficient (Wildman–Crippen LogP) is 1.07. The Morgan fingerprint density at radius 3 is 2.40 bits per heavy atom. The Kier molecular flexibility index (Phi) is 5.87. The number of hydrogen-bond acceptors (Lipinski definition) is 3. The molecule has 0 bridgehead atoms. The van der Waals surface area contributed by atoms with E-state index in [0.29, 0.717) is 13.1 Å². The molecular weight excluding hydrogens is 338 g/mol. The number of nitrogens with zero attached hydrogens (tertiary/aromatic N) is 2. The van der Waals surface area contributed by atoms with E-state index in [1.54, 1.807) is 0 Å². The first kappa shape index (κ1) is 18.5. The molecule has 2 fully saturated rings. The van der Waals surface area contributed by atoms with E-state index in [4.69, 9.17) is 16.3 Å². The van der Waals surface area contributed by atoms with Gasteiger partial charge in [0.15, 0.2) is 6.04 Å². The second-order valence-electron chi connectivity index (χ2n) is 7.32. The molecule has 5 nitrogen and oxygen atoms in total. The smallest absolute Gasteiger partial charge is 0.280 e. The number of hydrogen-bond donors (Lipinski definition) is 1. The number of halogens is 1. The first-order valence-electron chi connectivity index (χ1n) is 9.24. The van der Waals surface area contributed by atoms with Crippen LogP contribution in [0.25, 0.3) is 0 Å². The van der Waals surface area contributed by atoms with Gasteiger partial charge in [0.05, 0.1) is 49.1 Å². The van der Waals surface area contributed by atoms with Gasteiger partial charge in [-0.15, -0.1) is 0 Å². The number of quaternary nitrogens is 1. The van der Waals surface area contributed by atoms with Crippen molar-refractivity contribution in [1.82, 2.24) is 4.90 Å². The summed E-state index contributed by atoms with van der Waals surface area (Å²) in [6, 6.07) is 7.97. The molecule has 2 saturated heterocycles. The minimum Gasteiger partial charge on any atom is -0.372 e. The number of amides is 1. The third-order valence-corrected chi connectivity index (χ3v) is 5.63. The number of piperazine rings is 1. The van der Waals surface area contributed by atoms with Gasteiger partial charge in [-0.05, 0) is 32.9 Å². The molecule has 0 radical (unpaired) electrons. The molecule has 138 valence electrons. The Morgan fingerprint density at radius 1 is 1.20 bits per heavy atom. The van der Waals surface area contributed by atoms with E-state index in [-0.39, 0.29) is 24.2 Å². The summed E-state index contributed by atoms with van der Waals surface area (Å²) in [6.07, 6.45) is 0.235. The molecule has 3 rings (SSSR count). The normalized spacial score (nSPS) is 26.6. The standard InChI is InChI=1S/C19H28ClN3O2/c1-14-12-23(13-15(2)25-14)19(24)16(3)21-8-10-22(11-9-21)18-7-5-4-6-17(18)20/h4-7,14-16H,8-13H2,1-3H3/p+1/t14-,15+,16-/m0/s1. The van der Waals surface area contributed by atoms with Crippen LogP contribution in [0.4, 0.5) is 5.69 Å². The zero-order valence-electron chi connectivity index (χ0n) is 15.4.